The molecule has 0 saturated heterocycles. The van der Waals surface area contributed by atoms with Gasteiger partial charge in [-0.15, -0.1) is 0 Å². The molecule has 16 heavy (non-hydrogen) atoms. The molecule has 1 aromatic rings. The second-order valence-corrected chi connectivity index (χ2v) is 3.54. The number of aliphatic hydroxyl groups is 2. The molecule has 6 heteroatoms. The van der Waals surface area contributed by atoms with Gasteiger partial charge in [0.05, 0.1) is 13.2 Å². The second-order valence-electron chi connectivity index (χ2n) is 3.54. The van der Waals surface area contributed by atoms with E-state index in [4.69, 9.17) is 15.9 Å². The molecule has 0 aromatic carbocycles. The Morgan fingerprint density at radius 3 is 2.19 bits per heavy atom. The molecular formula is C10H18N4O2. The fourth-order valence-electron chi connectivity index (χ4n) is 1.51. The van der Waals surface area contributed by atoms with Gasteiger partial charge in [0.1, 0.15) is 17.5 Å². The average Bonchev–Trinajstić information content (AvgIpc) is 2.23. The van der Waals surface area contributed by atoms with E-state index in [0.717, 1.165) is 5.56 Å². The van der Waals surface area contributed by atoms with Gasteiger partial charge in [-0.3, -0.25) is 0 Å². The lowest BCUT2D eigenvalue weighted by molar-refractivity contribution is 0.280. The van der Waals surface area contributed by atoms with Gasteiger partial charge in [-0.1, -0.05) is 0 Å². The maximum atomic E-state index is 8.96. The Kier molecular flexibility index (Phi) is 4.45. The van der Waals surface area contributed by atoms with Crippen LogP contribution in [0.2, 0.25) is 0 Å². The first-order valence-corrected chi connectivity index (χ1v) is 5.17. The SMILES string of the molecule is Cc1nc(N)c(C)c(N(CCO)CCO)n1. The summed E-state index contributed by atoms with van der Waals surface area (Å²) < 4.78 is 0. The number of nitrogens with two attached hydrogens (primary N) is 1. The molecule has 1 heterocycles. The standard InChI is InChI=1S/C10H18N4O2/c1-7-9(11)12-8(2)13-10(7)14(3-5-15)4-6-16/h15-16H,3-6H2,1-2H3,(H2,11,12,13). The van der Waals surface area contributed by atoms with E-state index in [1.807, 2.05) is 6.92 Å². The third-order valence-corrected chi connectivity index (χ3v) is 2.31. The maximum absolute atomic E-state index is 8.96. The Balaban J connectivity index is 3.07. The van der Waals surface area contributed by atoms with Crippen LogP contribution < -0.4 is 10.6 Å². The number of nitrogens with zero attached hydrogens (tertiary/aromatic N) is 3. The smallest absolute Gasteiger partial charge is 0.137 e. The van der Waals surface area contributed by atoms with Crippen molar-refractivity contribution < 1.29 is 10.2 Å². The van der Waals surface area contributed by atoms with Crippen LogP contribution in [0.25, 0.3) is 0 Å². The zero-order valence-corrected chi connectivity index (χ0v) is 9.64. The molecule has 0 radical (unpaired) electrons. The van der Waals surface area contributed by atoms with E-state index in [1.165, 1.54) is 0 Å². The minimum atomic E-state index is 0.00238. The van der Waals surface area contributed by atoms with Crippen molar-refractivity contribution in [2.75, 3.05) is 36.9 Å². The molecule has 90 valence electrons. The van der Waals surface area contributed by atoms with Crippen molar-refractivity contribution in [1.29, 1.82) is 0 Å². The molecular weight excluding hydrogens is 208 g/mol. The van der Waals surface area contributed by atoms with Gasteiger partial charge in [0.25, 0.3) is 0 Å². The highest BCUT2D eigenvalue weighted by molar-refractivity contribution is 5.56. The third-order valence-electron chi connectivity index (χ3n) is 2.31. The number of aliphatic hydroxyl groups excluding tert-OH is 2. The van der Waals surface area contributed by atoms with Gasteiger partial charge in [0.15, 0.2) is 0 Å². The van der Waals surface area contributed by atoms with Crippen molar-refractivity contribution in [1.82, 2.24) is 9.97 Å². The van der Waals surface area contributed by atoms with Crippen LogP contribution in [0.1, 0.15) is 11.4 Å². The number of hydrogen-bond donors (Lipinski definition) is 3. The number of nitrogen functional groups attached to an aromatic ring is 1. The van der Waals surface area contributed by atoms with Crippen molar-refractivity contribution in [3.8, 4) is 0 Å². The molecule has 0 bridgehead atoms. The van der Waals surface area contributed by atoms with Crippen LogP contribution >= 0.6 is 0 Å². The molecule has 0 fully saturated rings. The first kappa shape index (κ1) is 12.7. The Bertz CT molecular complexity index is 351. The fourth-order valence-corrected chi connectivity index (χ4v) is 1.51. The third kappa shape index (κ3) is 2.80. The van der Waals surface area contributed by atoms with Gasteiger partial charge in [-0.2, -0.15) is 0 Å². The molecule has 0 spiro atoms. The summed E-state index contributed by atoms with van der Waals surface area (Å²) in [6.07, 6.45) is 0. The molecule has 4 N–H and O–H groups in total. The van der Waals surface area contributed by atoms with Crippen molar-refractivity contribution in [3.05, 3.63) is 11.4 Å². The maximum Gasteiger partial charge on any atom is 0.137 e. The largest absolute Gasteiger partial charge is 0.395 e. The van der Waals surface area contributed by atoms with E-state index in [-0.39, 0.29) is 13.2 Å². The lowest BCUT2D eigenvalue weighted by atomic mass is 10.2. The Morgan fingerprint density at radius 1 is 1.12 bits per heavy atom. The van der Waals surface area contributed by atoms with Crippen LogP contribution in [0.5, 0.6) is 0 Å². The quantitative estimate of drug-likeness (QED) is 0.624. The fraction of sp³-hybridized carbons (Fsp3) is 0.600. The van der Waals surface area contributed by atoms with Gasteiger partial charge >= 0.3 is 0 Å². The Labute approximate surface area is 94.7 Å². The van der Waals surface area contributed by atoms with E-state index in [2.05, 4.69) is 9.97 Å². The molecule has 0 unspecified atom stereocenters. The van der Waals surface area contributed by atoms with Crippen LogP contribution in [0, 0.1) is 13.8 Å². The van der Waals surface area contributed by atoms with E-state index in [9.17, 15) is 0 Å². The summed E-state index contributed by atoms with van der Waals surface area (Å²) in [5.74, 6) is 1.69. The van der Waals surface area contributed by atoms with Gasteiger partial charge in [0.2, 0.25) is 0 Å². The molecule has 0 saturated carbocycles. The number of hydrogen-bond acceptors (Lipinski definition) is 6. The van der Waals surface area contributed by atoms with Gasteiger partial charge in [-0.05, 0) is 13.8 Å². The van der Waals surface area contributed by atoms with Crippen LogP contribution in [-0.2, 0) is 0 Å². The van der Waals surface area contributed by atoms with Gasteiger partial charge in [-0.25, -0.2) is 9.97 Å². The molecule has 0 aliphatic carbocycles. The highest BCUT2D eigenvalue weighted by atomic mass is 16.3. The summed E-state index contributed by atoms with van der Waals surface area (Å²) in [7, 11) is 0. The van der Waals surface area contributed by atoms with E-state index < -0.39 is 0 Å². The van der Waals surface area contributed by atoms with Crippen molar-refractivity contribution >= 4 is 11.6 Å². The summed E-state index contributed by atoms with van der Waals surface area (Å²) >= 11 is 0. The zero-order valence-electron chi connectivity index (χ0n) is 9.64. The molecule has 6 nitrogen and oxygen atoms in total. The number of aromatic nitrogens is 2. The van der Waals surface area contributed by atoms with Crippen molar-refractivity contribution in [2.24, 2.45) is 0 Å². The van der Waals surface area contributed by atoms with Gasteiger partial charge in [0, 0.05) is 18.7 Å². The minimum Gasteiger partial charge on any atom is -0.395 e. The van der Waals surface area contributed by atoms with Crippen LogP contribution in [0.3, 0.4) is 0 Å². The van der Waals surface area contributed by atoms with Gasteiger partial charge < -0.3 is 20.8 Å². The topological polar surface area (TPSA) is 95.5 Å². The molecule has 0 aliphatic rings. The summed E-state index contributed by atoms with van der Waals surface area (Å²) in [5.41, 5.74) is 6.52. The van der Waals surface area contributed by atoms with Crippen LogP contribution in [0.15, 0.2) is 0 Å². The van der Waals surface area contributed by atoms with Crippen LogP contribution in [-0.4, -0.2) is 46.5 Å². The van der Waals surface area contributed by atoms with E-state index in [0.29, 0.717) is 30.5 Å². The van der Waals surface area contributed by atoms with E-state index >= 15 is 0 Å². The summed E-state index contributed by atoms with van der Waals surface area (Å²) in [4.78, 5) is 10.1. The lowest BCUT2D eigenvalue weighted by Gasteiger charge is -2.24. The first-order valence-electron chi connectivity index (χ1n) is 5.17. The zero-order chi connectivity index (χ0) is 12.1. The molecule has 1 aromatic heterocycles. The predicted octanol–water partition coefficient (Wildman–Crippen LogP) is -0.533. The molecule has 0 amide bonds. The van der Waals surface area contributed by atoms with Crippen molar-refractivity contribution in [2.45, 2.75) is 13.8 Å². The number of rotatable bonds is 5. The molecule has 1 rings (SSSR count). The van der Waals surface area contributed by atoms with Crippen molar-refractivity contribution in [3.63, 3.8) is 0 Å². The lowest BCUT2D eigenvalue weighted by Crippen LogP contribution is -2.31. The Hall–Kier alpha value is -1.40. The summed E-state index contributed by atoms with van der Waals surface area (Å²) in [6.45, 7) is 4.42. The predicted molar refractivity (Wildman–Crippen MR) is 62.3 cm³/mol. The first-order chi connectivity index (χ1) is 7.60. The normalized spacial score (nSPS) is 10.5. The monoisotopic (exact) mass is 226 g/mol. The highest BCUT2D eigenvalue weighted by Crippen LogP contribution is 2.20. The highest BCUT2D eigenvalue weighted by Gasteiger charge is 2.13. The number of aryl methyl sites for hydroxylation is 1. The molecule has 0 aliphatic heterocycles. The Morgan fingerprint density at radius 2 is 1.69 bits per heavy atom. The summed E-state index contributed by atoms with van der Waals surface area (Å²) in [5, 5.41) is 17.9. The van der Waals surface area contributed by atoms with Crippen LogP contribution in [0.4, 0.5) is 11.6 Å². The number of anilines is 2. The summed E-state index contributed by atoms with van der Waals surface area (Å²) in [6, 6.07) is 0. The average molecular weight is 226 g/mol. The molecule has 0 atom stereocenters. The minimum absolute atomic E-state index is 0.00238. The van der Waals surface area contributed by atoms with E-state index in [1.54, 1.807) is 11.8 Å². The second kappa shape index (κ2) is 5.62.